The minimum Gasteiger partial charge on any atom is -0.497 e. The summed E-state index contributed by atoms with van der Waals surface area (Å²) in [6.07, 6.45) is 0.368. The van der Waals surface area contributed by atoms with E-state index >= 15 is 0 Å². The quantitative estimate of drug-likeness (QED) is 0.861. The van der Waals surface area contributed by atoms with Crippen LogP contribution in [0.25, 0.3) is 0 Å². The molecule has 2 heterocycles. The molecular weight excluding hydrogens is 250 g/mol. The molecule has 4 rings (SSSR count). The molecule has 2 aliphatic heterocycles. The first-order valence-electron chi connectivity index (χ1n) is 6.89. The Kier molecular flexibility index (Phi) is 2.22. The average Bonchev–Trinajstić information content (AvgIpc) is 2.88. The number of para-hydroxylation sites is 1. The maximum atomic E-state index is 10.7. The van der Waals surface area contributed by atoms with Crippen molar-refractivity contribution >= 4 is 11.4 Å². The molecule has 2 aromatic rings. The molecule has 0 saturated heterocycles. The van der Waals surface area contributed by atoms with Gasteiger partial charge in [0.2, 0.25) is 0 Å². The first kappa shape index (κ1) is 11.8. The lowest BCUT2D eigenvalue weighted by atomic mass is 9.89. The van der Waals surface area contributed by atoms with E-state index in [1.807, 2.05) is 24.3 Å². The van der Waals surface area contributed by atoms with Gasteiger partial charge in [-0.05, 0) is 36.8 Å². The summed E-state index contributed by atoms with van der Waals surface area (Å²) in [5, 5.41) is 10.7. The van der Waals surface area contributed by atoms with Gasteiger partial charge in [0.05, 0.1) is 12.6 Å². The number of aliphatic hydroxyl groups is 1. The number of ether oxygens (including phenoxy) is 1. The molecule has 20 heavy (non-hydrogen) atoms. The Morgan fingerprint density at radius 1 is 1.20 bits per heavy atom. The lowest BCUT2D eigenvalue weighted by molar-refractivity contribution is 0.112. The van der Waals surface area contributed by atoms with Crippen LogP contribution in [0, 0.1) is 0 Å². The number of hydrogen-bond acceptors (Lipinski definition) is 3. The predicted molar refractivity (Wildman–Crippen MR) is 78.6 cm³/mol. The van der Waals surface area contributed by atoms with E-state index in [0.717, 1.165) is 23.4 Å². The van der Waals surface area contributed by atoms with Crippen LogP contribution in [-0.4, -0.2) is 17.8 Å². The van der Waals surface area contributed by atoms with Gasteiger partial charge in [-0.25, -0.2) is 0 Å². The van der Waals surface area contributed by atoms with Crippen molar-refractivity contribution in [3.63, 3.8) is 0 Å². The van der Waals surface area contributed by atoms with E-state index in [-0.39, 0.29) is 5.54 Å². The molecule has 0 aromatic heterocycles. The largest absolute Gasteiger partial charge is 0.497 e. The number of rotatable bonds is 1. The van der Waals surface area contributed by atoms with Crippen LogP contribution < -0.4 is 9.64 Å². The van der Waals surface area contributed by atoms with Crippen LogP contribution in [0.4, 0.5) is 11.4 Å². The average molecular weight is 267 g/mol. The molecule has 102 valence electrons. The molecule has 0 fully saturated rings. The molecule has 0 saturated carbocycles. The number of nitrogens with zero attached hydrogens (tertiary/aromatic N) is 1. The number of hydrogen-bond donors (Lipinski definition) is 1. The summed E-state index contributed by atoms with van der Waals surface area (Å²) in [7, 11) is 1.68. The lowest BCUT2D eigenvalue weighted by Crippen LogP contribution is -2.40. The van der Waals surface area contributed by atoms with Gasteiger partial charge in [0.25, 0.3) is 0 Å². The first-order valence-corrected chi connectivity index (χ1v) is 6.89. The van der Waals surface area contributed by atoms with Crippen LogP contribution in [0.3, 0.4) is 0 Å². The molecular formula is C17H17NO2. The van der Waals surface area contributed by atoms with Gasteiger partial charge in [-0.1, -0.05) is 18.2 Å². The zero-order valence-electron chi connectivity index (χ0n) is 11.6. The van der Waals surface area contributed by atoms with Gasteiger partial charge in [0, 0.05) is 23.4 Å². The second-order valence-electron chi connectivity index (χ2n) is 5.83. The molecule has 3 nitrogen and oxygen atoms in total. The van der Waals surface area contributed by atoms with Crippen molar-refractivity contribution in [3.8, 4) is 5.75 Å². The Labute approximate surface area is 118 Å². The second-order valence-corrected chi connectivity index (χ2v) is 5.83. The summed E-state index contributed by atoms with van der Waals surface area (Å²) in [6, 6.07) is 14.3. The fraction of sp³-hybridized carbons (Fsp3) is 0.294. The van der Waals surface area contributed by atoms with Crippen LogP contribution in [-0.2, 0) is 6.42 Å². The van der Waals surface area contributed by atoms with E-state index in [9.17, 15) is 5.11 Å². The third kappa shape index (κ3) is 1.28. The molecule has 0 spiro atoms. The van der Waals surface area contributed by atoms with Crippen molar-refractivity contribution in [1.82, 2.24) is 0 Å². The highest BCUT2D eigenvalue weighted by Crippen LogP contribution is 2.56. The van der Waals surface area contributed by atoms with E-state index in [0.29, 0.717) is 0 Å². The summed E-state index contributed by atoms with van der Waals surface area (Å²) in [5.41, 5.74) is 4.26. The van der Waals surface area contributed by atoms with Crippen molar-refractivity contribution in [1.29, 1.82) is 0 Å². The zero-order chi connectivity index (χ0) is 13.9. The fourth-order valence-electron chi connectivity index (χ4n) is 3.67. The van der Waals surface area contributed by atoms with E-state index in [4.69, 9.17) is 4.74 Å². The van der Waals surface area contributed by atoms with Gasteiger partial charge in [-0.15, -0.1) is 0 Å². The third-order valence-corrected chi connectivity index (χ3v) is 4.65. The number of aliphatic hydroxyl groups excluding tert-OH is 1. The maximum Gasteiger partial charge on any atom is 0.119 e. The molecule has 2 atom stereocenters. The predicted octanol–water partition coefficient (Wildman–Crippen LogP) is 3.20. The van der Waals surface area contributed by atoms with E-state index in [1.165, 1.54) is 11.3 Å². The number of anilines is 2. The second kappa shape index (κ2) is 3.76. The van der Waals surface area contributed by atoms with E-state index < -0.39 is 6.10 Å². The summed E-state index contributed by atoms with van der Waals surface area (Å²) >= 11 is 0. The molecule has 0 amide bonds. The van der Waals surface area contributed by atoms with Gasteiger partial charge in [0.1, 0.15) is 11.9 Å². The molecule has 2 aromatic carbocycles. The maximum absolute atomic E-state index is 10.7. The van der Waals surface area contributed by atoms with E-state index in [1.54, 1.807) is 7.11 Å². The Hall–Kier alpha value is -2.00. The van der Waals surface area contributed by atoms with Crippen LogP contribution in [0.2, 0.25) is 0 Å². The molecule has 0 unspecified atom stereocenters. The minimum absolute atomic E-state index is 0.293. The van der Waals surface area contributed by atoms with Crippen molar-refractivity contribution < 1.29 is 9.84 Å². The molecule has 0 aliphatic carbocycles. The van der Waals surface area contributed by atoms with Gasteiger partial charge in [-0.3, -0.25) is 0 Å². The summed E-state index contributed by atoms with van der Waals surface area (Å²) in [6.45, 7) is 2.13. The van der Waals surface area contributed by atoms with Gasteiger partial charge < -0.3 is 14.7 Å². The highest BCUT2D eigenvalue weighted by molar-refractivity contribution is 5.80. The number of methoxy groups -OCH3 is 1. The Morgan fingerprint density at radius 3 is 2.80 bits per heavy atom. The minimum atomic E-state index is -0.461. The smallest absolute Gasteiger partial charge is 0.119 e. The fourth-order valence-corrected chi connectivity index (χ4v) is 3.67. The first-order chi connectivity index (χ1) is 9.65. The zero-order valence-corrected chi connectivity index (χ0v) is 11.6. The van der Waals surface area contributed by atoms with Crippen LogP contribution >= 0.6 is 0 Å². The topological polar surface area (TPSA) is 32.7 Å². The standard InChI is InChI=1S/C17H17NO2/c1-17-10-11-9-12(20-2)7-8-14(11)18(17)15-6-4-3-5-13(15)16(17)19/h3-9,16,19H,10H2,1-2H3/t16-,17+/m1/s1. The van der Waals surface area contributed by atoms with Crippen molar-refractivity contribution in [2.45, 2.75) is 25.0 Å². The highest BCUT2D eigenvalue weighted by atomic mass is 16.5. The summed E-state index contributed by atoms with van der Waals surface area (Å²) in [4.78, 5) is 2.28. The lowest BCUT2D eigenvalue weighted by Gasteiger charge is -2.32. The molecule has 3 heteroatoms. The van der Waals surface area contributed by atoms with Crippen LogP contribution in [0.15, 0.2) is 42.5 Å². The van der Waals surface area contributed by atoms with Crippen LogP contribution in [0.1, 0.15) is 24.2 Å². The number of fused-ring (bicyclic) bond motifs is 5. The van der Waals surface area contributed by atoms with Crippen molar-refractivity contribution in [2.24, 2.45) is 0 Å². The summed E-state index contributed by atoms with van der Waals surface area (Å²) in [5.74, 6) is 0.872. The third-order valence-electron chi connectivity index (χ3n) is 4.65. The normalized spacial score (nSPS) is 26.1. The van der Waals surface area contributed by atoms with E-state index in [2.05, 4.69) is 30.0 Å². The SMILES string of the molecule is COc1ccc2c(c1)C[C@@]1(C)[C@H](O)c3ccccc3N21. The summed E-state index contributed by atoms with van der Waals surface area (Å²) < 4.78 is 5.31. The Balaban J connectivity index is 1.93. The van der Waals surface area contributed by atoms with Crippen molar-refractivity contribution in [2.75, 3.05) is 12.0 Å². The molecule has 2 aliphatic rings. The molecule has 0 radical (unpaired) electrons. The van der Waals surface area contributed by atoms with Gasteiger partial charge in [-0.2, -0.15) is 0 Å². The van der Waals surface area contributed by atoms with Gasteiger partial charge >= 0.3 is 0 Å². The van der Waals surface area contributed by atoms with Crippen molar-refractivity contribution in [3.05, 3.63) is 53.6 Å². The van der Waals surface area contributed by atoms with Crippen LogP contribution in [0.5, 0.6) is 5.75 Å². The molecule has 0 bridgehead atoms. The Bertz CT molecular complexity index is 697. The molecule has 1 N–H and O–H groups in total. The number of benzene rings is 2. The monoisotopic (exact) mass is 267 g/mol. The highest BCUT2D eigenvalue weighted by Gasteiger charge is 2.52. The Morgan fingerprint density at radius 2 is 2.00 bits per heavy atom. The van der Waals surface area contributed by atoms with Gasteiger partial charge in [0.15, 0.2) is 0 Å².